The fourth-order valence-corrected chi connectivity index (χ4v) is 2.89. The van der Waals surface area contributed by atoms with Gasteiger partial charge in [-0.1, -0.05) is 0 Å². The van der Waals surface area contributed by atoms with Gasteiger partial charge in [-0.2, -0.15) is 0 Å². The SMILES string of the molecule is NC(=O)C1CCN(Cc2cc3c(cc2[N+](=O)[O-])OCO3)CC1. The minimum absolute atomic E-state index is 0.0290. The molecular formula is C14H17N3O5. The van der Waals surface area contributed by atoms with E-state index in [2.05, 4.69) is 4.90 Å². The van der Waals surface area contributed by atoms with Gasteiger partial charge in [0.1, 0.15) is 0 Å². The monoisotopic (exact) mass is 307 g/mol. The zero-order valence-electron chi connectivity index (χ0n) is 12.0. The molecule has 1 saturated heterocycles. The zero-order valence-corrected chi connectivity index (χ0v) is 12.0. The average Bonchev–Trinajstić information content (AvgIpc) is 2.94. The number of hydrogen-bond donors (Lipinski definition) is 1. The predicted molar refractivity (Wildman–Crippen MR) is 76.4 cm³/mol. The summed E-state index contributed by atoms with van der Waals surface area (Å²) in [6.07, 6.45) is 1.38. The molecule has 1 amide bonds. The fraction of sp³-hybridized carbons (Fsp3) is 0.500. The normalized spacial score (nSPS) is 18.4. The molecule has 118 valence electrons. The molecule has 1 aromatic carbocycles. The highest BCUT2D eigenvalue weighted by Crippen LogP contribution is 2.38. The summed E-state index contributed by atoms with van der Waals surface area (Å²) in [5, 5.41) is 11.2. The number of hydrogen-bond acceptors (Lipinski definition) is 6. The lowest BCUT2D eigenvalue weighted by Gasteiger charge is -2.30. The van der Waals surface area contributed by atoms with Gasteiger partial charge in [-0.3, -0.25) is 19.8 Å². The second kappa shape index (κ2) is 5.80. The molecule has 0 unspecified atom stereocenters. The number of nitro groups is 1. The Labute approximate surface area is 126 Å². The number of nitrogens with two attached hydrogens (primary N) is 1. The van der Waals surface area contributed by atoms with Crippen molar-refractivity contribution >= 4 is 11.6 Å². The molecule has 8 heteroatoms. The number of primary amides is 1. The predicted octanol–water partition coefficient (Wildman–Crippen LogP) is 1.02. The molecule has 2 heterocycles. The lowest BCUT2D eigenvalue weighted by atomic mass is 9.96. The molecule has 2 aliphatic rings. The third kappa shape index (κ3) is 2.82. The van der Waals surface area contributed by atoms with E-state index in [4.69, 9.17) is 15.2 Å². The first kappa shape index (κ1) is 14.6. The Morgan fingerprint density at radius 2 is 1.95 bits per heavy atom. The van der Waals surface area contributed by atoms with Crippen LogP contribution in [0, 0.1) is 16.0 Å². The number of amides is 1. The molecule has 0 spiro atoms. The highest BCUT2D eigenvalue weighted by molar-refractivity contribution is 5.76. The number of piperidine rings is 1. The fourth-order valence-electron chi connectivity index (χ4n) is 2.89. The lowest BCUT2D eigenvalue weighted by molar-refractivity contribution is -0.385. The molecule has 22 heavy (non-hydrogen) atoms. The van der Waals surface area contributed by atoms with Crippen LogP contribution in [0.5, 0.6) is 11.5 Å². The first-order chi connectivity index (χ1) is 10.5. The Kier molecular flexibility index (Phi) is 3.84. The summed E-state index contributed by atoms with van der Waals surface area (Å²) in [6, 6.07) is 3.08. The number of fused-ring (bicyclic) bond motifs is 1. The second-order valence-corrected chi connectivity index (χ2v) is 5.54. The summed E-state index contributed by atoms with van der Waals surface area (Å²) in [6.45, 7) is 1.91. The minimum Gasteiger partial charge on any atom is -0.454 e. The van der Waals surface area contributed by atoms with E-state index < -0.39 is 4.92 Å². The molecule has 1 aromatic rings. The van der Waals surface area contributed by atoms with Crippen molar-refractivity contribution in [3.8, 4) is 11.5 Å². The molecule has 1 fully saturated rings. The van der Waals surface area contributed by atoms with Crippen LogP contribution < -0.4 is 15.2 Å². The van der Waals surface area contributed by atoms with Crippen LogP contribution in [0.1, 0.15) is 18.4 Å². The van der Waals surface area contributed by atoms with Gasteiger partial charge in [0.25, 0.3) is 5.69 Å². The molecule has 0 radical (unpaired) electrons. The summed E-state index contributed by atoms with van der Waals surface area (Å²) in [4.78, 5) is 24.1. The van der Waals surface area contributed by atoms with Crippen LogP contribution in [-0.4, -0.2) is 35.6 Å². The van der Waals surface area contributed by atoms with Gasteiger partial charge in [0.05, 0.1) is 11.0 Å². The molecule has 0 bridgehead atoms. The van der Waals surface area contributed by atoms with Crippen LogP contribution in [0.4, 0.5) is 5.69 Å². The van der Waals surface area contributed by atoms with Crippen LogP contribution >= 0.6 is 0 Å². The molecular weight excluding hydrogens is 290 g/mol. The highest BCUT2D eigenvalue weighted by atomic mass is 16.7. The summed E-state index contributed by atoms with van der Waals surface area (Å²) >= 11 is 0. The zero-order chi connectivity index (χ0) is 15.7. The molecule has 3 rings (SSSR count). The van der Waals surface area contributed by atoms with Gasteiger partial charge in [-0.15, -0.1) is 0 Å². The van der Waals surface area contributed by atoms with Gasteiger partial charge in [0.15, 0.2) is 11.5 Å². The Morgan fingerprint density at radius 1 is 1.32 bits per heavy atom. The van der Waals surface area contributed by atoms with E-state index in [0.29, 0.717) is 49.5 Å². The Hall–Kier alpha value is -2.35. The molecule has 0 atom stereocenters. The van der Waals surface area contributed by atoms with Gasteiger partial charge in [0, 0.05) is 18.0 Å². The lowest BCUT2D eigenvalue weighted by Crippen LogP contribution is -2.38. The van der Waals surface area contributed by atoms with Crippen molar-refractivity contribution in [2.75, 3.05) is 19.9 Å². The Morgan fingerprint density at radius 3 is 2.55 bits per heavy atom. The molecule has 2 N–H and O–H groups in total. The van der Waals surface area contributed by atoms with Crippen molar-refractivity contribution < 1.29 is 19.2 Å². The van der Waals surface area contributed by atoms with E-state index in [1.807, 2.05) is 0 Å². The van der Waals surface area contributed by atoms with Crippen LogP contribution in [0.15, 0.2) is 12.1 Å². The van der Waals surface area contributed by atoms with Crippen molar-refractivity contribution in [3.05, 3.63) is 27.8 Å². The number of carbonyl (C=O) groups excluding carboxylic acids is 1. The van der Waals surface area contributed by atoms with Gasteiger partial charge in [-0.25, -0.2) is 0 Å². The quantitative estimate of drug-likeness (QED) is 0.657. The van der Waals surface area contributed by atoms with E-state index in [1.165, 1.54) is 6.07 Å². The maximum absolute atomic E-state index is 11.2. The van der Waals surface area contributed by atoms with E-state index in [1.54, 1.807) is 6.07 Å². The van der Waals surface area contributed by atoms with Crippen molar-refractivity contribution in [1.82, 2.24) is 4.90 Å². The van der Waals surface area contributed by atoms with Crippen LogP contribution in [0.3, 0.4) is 0 Å². The summed E-state index contributed by atoms with van der Waals surface area (Å²) in [5.41, 5.74) is 5.93. The van der Waals surface area contributed by atoms with Crippen molar-refractivity contribution in [3.63, 3.8) is 0 Å². The van der Waals surface area contributed by atoms with Gasteiger partial charge in [0.2, 0.25) is 12.7 Å². The molecule has 0 aliphatic carbocycles. The van der Waals surface area contributed by atoms with Gasteiger partial charge in [-0.05, 0) is 32.0 Å². The number of carbonyl (C=O) groups is 1. The maximum Gasteiger partial charge on any atom is 0.277 e. The van der Waals surface area contributed by atoms with Crippen molar-refractivity contribution in [2.45, 2.75) is 19.4 Å². The number of ether oxygens (including phenoxy) is 2. The molecule has 8 nitrogen and oxygen atoms in total. The van der Waals surface area contributed by atoms with E-state index in [0.717, 1.165) is 0 Å². The largest absolute Gasteiger partial charge is 0.454 e. The first-order valence-electron chi connectivity index (χ1n) is 7.13. The number of benzene rings is 1. The van der Waals surface area contributed by atoms with Crippen molar-refractivity contribution in [2.24, 2.45) is 11.7 Å². The van der Waals surface area contributed by atoms with E-state index in [-0.39, 0.29) is 24.3 Å². The third-order valence-corrected chi connectivity index (χ3v) is 4.15. The van der Waals surface area contributed by atoms with Crippen LogP contribution in [0.25, 0.3) is 0 Å². The molecule has 2 aliphatic heterocycles. The Balaban J connectivity index is 1.75. The highest BCUT2D eigenvalue weighted by Gasteiger charge is 2.27. The number of nitro benzene ring substituents is 1. The van der Waals surface area contributed by atoms with Crippen molar-refractivity contribution in [1.29, 1.82) is 0 Å². The van der Waals surface area contributed by atoms with E-state index >= 15 is 0 Å². The van der Waals surface area contributed by atoms with Crippen LogP contribution in [-0.2, 0) is 11.3 Å². The maximum atomic E-state index is 11.2. The smallest absolute Gasteiger partial charge is 0.277 e. The van der Waals surface area contributed by atoms with Crippen LogP contribution in [0.2, 0.25) is 0 Å². The molecule has 0 saturated carbocycles. The first-order valence-corrected chi connectivity index (χ1v) is 7.13. The topological polar surface area (TPSA) is 108 Å². The number of nitrogens with zero attached hydrogens (tertiary/aromatic N) is 2. The third-order valence-electron chi connectivity index (χ3n) is 4.15. The number of rotatable bonds is 4. The Bertz CT molecular complexity index is 611. The second-order valence-electron chi connectivity index (χ2n) is 5.54. The standard InChI is InChI=1S/C14H17N3O5/c15-14(18)9-1-3-16(4-2-9)7-10-5-12-13(22-8-21-12)6-11(10)17(19)20/h5-6,9H,1-4,7-8H2,(H2,15,18). The summed E-state index contributed by atoms with van der Waals surface area (Å²) in [7, 11) is 0. The summed E-state index contributed by atoms with van der Waals surface area (Å²) < 4.78 is 10.5. The molecule has 0 aromatic heterocycles. The van der Waals surface area contributed by atoms with E-state index in [9.17, 15) is 14.9 Å². The van der Waals surface area contributed by atoms with Gasteiger partial charge >= 0.3 is 0 Å². The van der Waals surface area contributed by atoms with Gasteiger partial charge < -0.3 is 15.2 Å². The minimum atomic E-state index is -0.409. The number of likely N-dealkylation sites (tertiary alicyclic amines) is 1. The summed E-state index contributed by atoms with van der Waals surface area (Å²) in [5.74, 6) is 0.576. The average molecular weight is 307 g/mol.